The van der Waals surface area contributed by atoms with Crippen LogP contribution in [0.5, 0.6) is 0 Å². The lowest BCUT2D eigenvalue weighted by atomic mass is 10.2. The van der Waals surface area contributed by atoms with Crippen LogP contribution in [0, 0.1) is 13.8 Å². The highest BCUT2D eigenvalue weighted by molar-refractivity contribution is 5.96. The Morgan fingerprint density at radius 1 is 1.24 bits per heavy atom. The number of β-amino-alcohol motifs (C(OH)–C–C–N with tert-alkyl or cyclic N) is 1. The highest BCUT2D eigenvalue weighted by Gasteiger charge is 2.25. The lowest BCUT2D eigenvalue weighted by Crippen LogP contribution is -2.50. The maximum Gasteiger partial charge on any atom is 0.255 e. The first-order valence-electron chi connectivity index (χ1n) is 8.77. The number of aryl methyl sites for hydroxylation is 1. The van der Waals surface area contributed by atoms with Crippen molar-refractivity contribution in [3.05, 3.63) is 47.4 Å². The fourth-order valence-corrected chi connectivity index (χ4v) is 3.50. The lowest BCUT2D eigenvalue weighted by molar-refractivity contribution is 0.0553. The highest BCUT2D eigenvalue weighted by Crippen LogP contribution is 2.21. The molecule has 25 heavy (non-hydrogen) atoms. The number of aliphatic hydroxyl groups excluding tert-OH is 1. The molecule has 0 aliphatic carbocycles. The quantitative estimate of drug-likeness (QED) is 0.917. The van der Waals surface area contributed by atoms with E-state index in [2.05, 4.69) is 9.88 Å². The summed E-state index contributed by atoms with van der Waals surface area (Å²) >= 11 is 0. The molecule has 1 saturated heterocycles. The Labute approximate surface area is 148 Å². The molecule has 0 spiro atoms. The van der Waals surface area contributed by atoms with Crippen LogP contribution in [0.15, 0.2) is 30.5 Å². The van der Waals surface area contributed by atoms with Crippen LogP contribution in [0.3, 0.4) is 0 Å². The Hall–Kier alpha value is -2.18. The third-order valence-corrected chi connectivity index (χ3v) is 4.72. The molecule has 2 aromatic rings. The number of rotatable bonds is 4. The summed E-state index contributed by atoms with van der Waals surface area (Å²) in [5.74, 6) is 0.908. The van der Waals surface area contributed by atoms with Gasteiger partial charge in [-0.1, -0.05) is 6.07 Å². The van der Waals surface area contributed by atoms with Crippen molar-refractivity contribution in [2.24, 2.45) is 0 Å². The maximum atomic E-state index is 13.0. The van der Waals surface area contributed by atoms with Crippen molar-refractivity contribution in [2.45, 2.75) is 26.9 Å². The molecule has 6 nitrogen and oxygen atoms in total. The number of aromatic nitrogens is 2. The SMILES string of the molecule is Cc1cc(C(=O)N2CCN(C[C@H](C)O)CC2)c(C)n1-c1ccccn1. The second-order valence-corrected chi connectivity index (χ2v) is 6.75. The fourth-order valence-electron chi connectivity index (χ4n) is 3.50. The van der Waals surface area contributed by atoms with E-state index in [0.717, 1.165) is 35.9 Å². The van der Waals surface area contributed by atoms with Crippen LogP contribution in [0.2, 0.25) is 0 Å². The Bertz CT molecular complexity index is 731. The number of amides is 1. The van der Waals surface area contributed by atoms with E-state index in [4.69, 9.17) is 0 Å². The van der Waals surface area contributed by atoms with Crippen LogP contribution in [-0.2, 0) is 0 Å². The van der Waals surface area contributed by atoms with Gasteiger partial charge < -0.3 is 14.6 Å². The van der Waals surface area contributed by atoms with Gasteiger partial charge in [-0.05, 0) is 39.0 Å². The predicted molar refractivity (Wildman–Crippen MR) is 97.1 cm³/mol. The van der Waals surface area contributed by atoms with E-state index in [0.29, 0.717) is 19.6 Å². The summed E-state index contributed by atoms with van der Waals surface area (Å²) < 4.78 is 2.02. The van der Waals surface area contributed by atoms with Crippen molar-refractivity contribution < 1.29 is 9.90 Å². The third-order valence-electron chi connectivity index (χ3n) is 4.72. The summed E-state index contributed by atoms with van der Waals surface area (Å²) in [5, 5.41) is 9.50. The number of hydrogen-bond acceptors (Lipinski definition) is 4. The van der Waals surface area contributed by atoms with Crippen LogP contribution in [0.1, 0.15) is 28.7 Å². The van der Waals surface area contributed by atoms with E-state index < -0.39 is 0 Å². The summed E-state index contributed by atoms with van der Waals surface area (Å²) in [5.41, 5.74) is 2.67. The molecule has 0 bridgehead atoms. The normalized spacial score (nSPS) is 16.9. The minimum Gasteiger partial charge on any atom is -0.392 e. The van der Waals surface area contributed by atoms with Crippen LogP contribution in [0.4, 0.5) is 0 Å². The highest BCUT2D eigenvalue weighted by atomic mass is 16.3. The first-order valence-corrected chi connectivity index (χ1v) is 8.77. The van der Waals surface area contributed by atoms with E-state index in [1.807, 2.05) is 47.6 Å². The Kier molecular flexibility index (Phi) is 5.20. The molecule has 0 radical (unpaired) electrons. The van der Waals surface area contributed by atoms with Gasteiger partial charge in [0, 0.05) is 50.3 Å². The van der Waals surface area contributed by atoms with E-state index in [1.54, 1.807) is 13.1 Å². The molecular weight excluding hydrogens is 316 g/mol. The number of pyridine rings is 1. The van der Waals surface area contributed by atoms with Crippen molar-refractivity contribution in [3.63, 3.8) is 0 Å². The summed E-state index contributed by atoms with van der Waals surface area (Å²) in [7, 11) is 0. The minimum absolute atomic E-state index is 0.0759. The molecule has 1 aliphatic rings. The second kappa shape index (κ2) is 7.37. The molecule has 2 aromatic heterocycles. The van der Waals surface area contributed by atoms with Gasteiger partial charge in [0.15, 0.2) is 0 Å². The molecule has 1 aliphatic heterocycles. The molecule has 1 N–H and O–H groups in total. The average molecular weight is 342 g/mol. The molecule has 1 atom stereocenters. The van der Waals surface area contributed by atoms with Gasteiger partial charge in [0.1, 0.15) is 5.82 Å². The molecule has 3 heterocycles. The summed E-state index contributed by atoms with van der Waals surface area (Å²) in [6.45, 7) is 9.42. The van der Waals surface area contributed by atoms with Gasteiger partial charge >= 0.3 is 0 Å². The zero-order valence-corrected chi connectivity index (χ0v) is 15.1. The van der Waals surface area contributed by atoms with E-state index in [-0.39, 0.29) is 12.0 Å². The summed E-state index contributed by atoms with van der Waals surface area (Å²) in [6.07, 6.45) is 1.43. The maximum absolute atomic E-state index is 13.0. The van der Waals surface area contributed by atoms with Crippen molar-refractivity contribution in [2.75, 3.05) is 32.7 Å². The van der Waals surface area contributed by atoms with Crippen molar-refractivity contribution in [3.8, 4) is 5.82 Å². The first-order chi connectivity index (χ1) is 12.0. The van der Waals surface area contributed by atoms with Crippen molar-refractivity contribution >= 4 is 5.91 Å². The van der Waals surface area contributed by atoms with E-state index in [1.165, 1.54) is 0 Å². The summed E-state index contributed by atoms with van der Waals surface area (Å²) in [4.78, 5) is 21.5. The van der Waals surface area contributed by atoms with E-state index in [9.17, 15) is 9.90 Å². The summed E-state index contributed by atoms with van der Waals surface area (Å²) in [6, 6.07) is 7.73. The molecule has 0 aromatic carbocycles. The van der Waals surface area contributed by atoms with Gasteiger partial charge in [-0.2, -0.15) is 0 Å². The fraction of sp³-hybridized carbons (Fsp3) is 0.474. The van der Waals surface area contributed by atoms with E-state index >= 15 is 0 Å². The number of nitrogens with zero attached hydrogens (tertiary/aromatic N) is 4. The second-order valence-electron chi connectivity index (χ2n) is 6.75. The van der Waals surface area contributed by atoms with Crippen molar-refractivity contribution in [1.29, 1.82) is 0 Å². The zero-order chi connectivity index (χ0) is 18.0. The number of carbonyl (C=O) groups excluding carboxylic acids is 1. The molecule has 0 saturated carbocycles. The van der Waals surface area contributed by atoms with Gasteiger partial charge in [-0.15, -0.1) is 0 Å². The molecule has 1 fully saturated rings. The molecular formula is C19H26N4O2. The molecule has 3 rings (SSSR count). The number of piperazine rings is 1. The topological polar surface area (TPSA) is 61.6 Å². The van der Waals surface area contributed by atoms with Crippen molar-refractivity contribution in [1.82, 2.24) is 19.4 Å². The Balaban J connectivity index is 1.76. The minimum atomic E-state index is -0.334. The zero-order valence-electron chi connectivity index (χ0n) is 15.1. The molecule has 6 heteroatoms. The number of aliphatic hydroxyl groups is 1. The standard InChI is InChI=1S/C19H26N4O2/c1-14-12-17(16(3)23(14)18-6-4-5-7-20-18)19(25)22-10-8-21(9-11-22)13-15(2)24/h4-7,12,15,24H,8-11,13H2,1-3H3/t15-/m0/s1. The molecule has 1 amide bonds. The molecule has 134 valence electrons. The van der Waals surface area contributed by atoms with Crippen LogP contribution >= 0.6 is 0 Å². The predicted octanol–water partition coefficient (Wildman–Crippen LogP) is 1.63. The smallest absolute Gasteiger partial charge is 0.255 e. The number of hydrogen-bond donors (Lipinski definition) is 1. The number of carbonyl (C=O) groups is 1. The van der Waals surface area contributed by atoms with Crippen LogP contribution in [-0.4, -0.2) is 69.2 Å². The van der Waals surface area contributed by atoms with Gasteiger partial charge in [-0.25, -0.2) is 4.98 Å². The average Bonchev–Trinajstić information content (AvgIpc) is 2.89. The lowest BCUT2D eigenvalue weighted by Gasteiger charge is -2.35. The third kappa shape index (κ3) is 3.75. The van der Waals surface area contributed by atoms with Crippen LogP contribution < -0.4 is 0 Å². The molecule has 0 unspecified atom stereocenters. The largest absolute Gasteiger partial charge is 0.392 e. The van der Waals surface area contributed by atoms with Gasteiger partial charge in [0.2, 0.25) is 0 Å². The van der Waals surface area contributed by atoms with Gasteiger partial charge in [-0.3, -0.25) is 9.69 Å². The Morgan fingerprint density at radius 3 is 2.56 bits per heavy atom. The first kappa shape index (κ1) is 17.6. The van der Waals surface area contributed by atoms with Crippen LogP contribution in [0.25, 0.3) is 5.82 Å². The van der Waals surface area contributed by atoms with Gasteiger partial charge in [0.25, 0.3) is 5.91 Å². The Morgan fingerprint density at radius 2 is 1.96 bits per heavy atom. The monoisotopic (exact) mass is 342 g/mol. The van der Waals surface area contributed by atoms with Gasteiger partial charge in [0.05, 0.1) is 11.7 Å².